The number of carbonyl (C=O) groups is 2. The van der Waals surface area contributed by atoms with Gasteiger partial charge in [-0.1, -0.05) is 42.5 Å². The number of carbonyl (C=O) groups excluding carboxylic acids is 2. The number of hydrogen-bond acceptors (Lipinski definition) is 4. The molecule has 1 aromatic heterocycles. The zero-order chi connectivity index (χ0) is 25.1. The first-order chi connectivity index (χ1) is 16.8. The second-order valence-electron chi connectivity index (χ2n) is 9.79. The Morgan fingerprint density at radius 3 is 2.17 bits per heavy atom. The Kier molecular flexibility index (Phi) is 7.75. The van der Waals surface area contributed by atoms with E-state index in [1.165, 1.54) is 39.8 Å². The number of rotatable bonds is 6. The molecule has 4 nitrogen and oxygen atoms in total. The largest absolute Gasteiger partial charge is 0.469 e. The zero-order valence-electron chi connectivity index (χ0n) is 21.4. The molecule has 0 unspecified atom stereocenters. The van der Waals surface area contributed by atoms with E-state index in [9.17, 15) is 9.59 Å². The van der Waals surface area contributed by atoms with Crippen molar-refractivity contribution in [2.75, 3.05) is 7.11 Å². The van der Waals surface area contributed by atoms with E-state index in [1.54, 1.807) is 11.3 Å². The predicted octanol–water partition coefficient (Wildman–Crippen LogP) is 6.70. The third kappa shape index (κ3) is 5.67. The third-order valence-corrected chi connectivity index (χ3v) is 8.45. The SMILES string of the molecule is COC(=O)C1CCC(NC(=O)c2c(C)sc(C)c2Cc2ccc(-c3ccc(C)c(C)c3)cc2)CC1. The Morgan fingerprint density at radius 1 is 0.886 bits per heavy atom. The van der Waals surface area contributed by atoms with Crippen LogP contribution >= 0.6 is 11.3 Å². The molecule has 2 aromatic carbocycles. The van der Waals surface area contributed by atoms with Crippen LogP contribution in [0.25, 0.3) is 11.1 Å². The summed E-state index contributed by atoms with van der Waals surface area (Å²) < 4.78 is 4.88. The van der Waals surface area contributed by atoms with Crippen molar-refractivity contribution in [3.63, 3.8) is 0 Å². The first-order valence-electron chi connectivity index (χ1n) is 12.4. The summed E-state index contributed by atoms with van der Waals surface area (Å²) in [7, 11) is 1.44. The Hall–Kier alpha value is -2.92. The standard InChI is InChI=1S/C30H35NO3S/c1-18-6-9-25(16-19(18)2)23-10-7-22(8-11-23)17-27-20(3)35-21(4)28(27)29(32)31-26-14-12-24(13-15-26)30(33)34-5/h6-11,16,24,26H,12-15,17H2,1-5H3,(H,31,32). The Balaban J connectivity index is 1.46. The minimum atomic E-state index is -0.134. The summed E-state index contributed by atoms with van der Waals surface area (Å²) in [5, 5.41) is 3.25. The van der Waals surface area contributed by atoms with Gasteiger partial charge in [-0.25, -0.2) is 0 Å². The van der Waals surface area contributed by atoms with Gasteiger partial charge in [0, 0.05) is 15.8 Å². The second-order valence-corrected chi connectivity index (χ2v) is 11.2. The summed E-state index contributed by atoms with van der Waals surface area (Å²) in [6, 6.07) is 15.4. The van der Waals surface area contributed by atoms with Crippen molar-refractivity contribution < 1.29 is 14.3 Å². The average molecular weight is 490 g/mol. The van der Waals surface area contributed by atoms with Crippen LogP contribution in [0.3, 0.4) is 0 Å². The fraction of sp³-hybridized carbons (Fsp3) is 0.400. The number of hydrogen-bond donors (Lipinski definition) is 1. The molecular weight excluding hydrogens is 454 g/mol. The summed E-state index contributed by atoms with van der Waals surface area (Å²) in [4.78, 5) is 27.4. The number of methoxy groups -OCH3 is 1. The van der Waals surface area contributed by atoms with Gasteiger partial charge in [0.2, 0.25) is 0 Å². The molecule has 0 aliphatic heterocycles. The van der Waals surface area contributed by atoms with Crippen LogP contribution in [-0.2, 0) is 16.0 Å². The molecule has 0 atom stereocenters. The first-order valence-corrected chi connectivity index (χ1v) is 13.2. The van der Waals surface area contributed by atoms with E-state index in [2.05, 4.69) is 68.6 Å². The number of thiophene rings is 1. The van der Waals surface area contributed by atoms with Gasteiger partial charge < -0.3 is 10.1 Å². The van der Waals surface area contributed by atoms with Crippen LogP contribution in [0.5, 0.6) is 0 Å². The van der Waals surface area contributed by atoms with Crippen molar-refractivity contribution in [1.82, 2.24) is 5.32 Å². The van der Waals surface area contributed by atoms with Crippen molar-refractivity contribution in [3.8, 4) is 11.1 Å². The number of ether oxygens (including phenoxy) is 1. The van der Waals surface area contributed by atoms with Crippen LogP contribution < -0.4 is 5.32 Å². The van der Waals surface area contributed by atoms with Crippen molar-refractivity contribution in [3.05, 3.63) is 80.0 Å². The minimum Gasteiger partial charge on any atom is -0.469 e. The number of benzene rings is 2. The van der Waals surface area contributed by atoms with Gasteiger partial charge in [0.25, 0.3) is 5.91 Å². The third-order valence-electron chi connectivity index (χ3n) is 7.38. The van der Waals surface area contributed by atoms with E-state index < -0.39 is 0 Å². The molecule has 0 radical (unpaired) electrons. The molecule has 1 heterocycles. The number of esters is 1. The minimum absolute atomic E-state index is 0.00937. The fourth-order valence-corrected chi connectivity index (χ4v) is 6.15. The van der Waals surface area contributed by atoms with Crippen LogP contribution in [0.1, 0.15) is 68.0 Å². The molecule has 3 aromatic rings. The van der Waals surface area contributed by atoms with Gasteiger partial charge in [0.1, 0.15) is 0 Å². The maximum Gasteiger partial charge on any atom is 0.308 e. The highest BCUT2D eigenvalue weighted by Gasteiger charge is 2.29. The van der Waals surface area contributed by atoms with E-state index in [0.29, 0.717) is 0 Å². The topological polar surface area (TPSA) is 55.4 Å². The van der Waals surface area contributed by atoms with Gasteiger partial charge in [0.15, 0.2) is 0 Å². The molecule has 1 fully saturated rings. The summed E-state index contributed by atoms with van der Waals surface area (Å²) in [5.41, 5.74) is 8.17. The smallest absolute Gasteiger partial charge is 0.308 e. The Bertz CT molecular complexity index is 1220. The molecule has 1 saturated carbocycles. The van der Waals surface area contributed by atoms with E-state index in [1.807, 2.05) is 6.92 Å². The van der Waals surface area contributed by atoms with Gasteiger partial charge >= 0.3 is 5.97 Å². The normalized spacial score (nSPS) is 17.7. The van der Waals surface area contributed by atoms with Crippen molar-refractivity contribution >= 4 is 23.2 Å². The number of nitrogens with one attached hydrogen (secondary N) is 1. The van der Waals surface area contributed by atoms with Crippen molar-refractivity contribution in [1.29, 1.82) is 0 Å². The highest BCUT2D eigenvalue weighted by molar-refractivity contribution is 7.12. The molecule has 1 aliphatic carbocycles. The Labute approximate surface area is 212 Å². The van der Waals surface area contributed by atoms with Gasteiger partial charge in [0.05, 0.1) is 18.6 Å². The van der Waals surface area contributed by atoms with Crippen molar-refractivity contribution in [2.24, 2.45) is 5.92 Å². The van der Waals surface area contributed by atoms with Crippen molar-refractivity contribution in [2.45, 2.75) is 65.8 Å². The fourth-order valence-electron chi connectivity index (χ4n) is 5.08. The lowest BCUT2D eigenvalue weighted by atomic mass is 9.86. The van der Waals surface area contributed by atoms with Crippen LogP contribution in [0.2, 0.25) is 0 Å². The van der Waals surface area contributed by atoms with Crippen LogP contribution in [0, 0.1) is 33.6 Å². The zero-order valence-corrected chi connectivity index (χ0v) is 22.2. The average Bonchev–Trinajstić information content (AvgIpc) is 3.13. The van der Waals surface area contributed by atoms with E-state index in [0.717, 1.165) is 48.1 Å². The Morgan fingerprint density at radius 2 is 1.54 bits per heavy atom. The highest BCUT2D eigenvalue weighted by atomic mass is 32.1. The number of aryl methyl sites for hydroxylation is 4. The molecule has 1 aliphatic rings. The molecule has 35 heavy (non-hydrogen) atoms. The van der Waals surface area contributed by atoms with Gasteiger partial charge in [-0.15, -0.1) is 11.3 Å². The summed E-state index contributed by atoms with van der Waals surface area (Å²) in [6.45, 7) is 8.42. The molecule has 0 spiro atoms. The van der Waals surface area contributed by atoms with Gasteiger partial charge in [-0.2, -0.15) is 0 Å². The molecule has 1 amide bonds. The quantitative estimate of drug-likeness (QED) is 0.392. The molecule has 1 N–H and O–H groups in total. The maximum absolute atomic E-state index is 13.3. The highest BCUT2D eigenvalue weighted by Crippen LogP contribution is 2.32. The van der Waals surface area contributed by atoms with Crippen LogP contribution in [-0.4, -0.2) is 25.0 Å². The molecule has 4 rings (SSSR count). The monoisotopic (exact) mass is 489 g/mol. The lowest BCUT2D eigenvalue weighted by Crippen LogP contribution is -2.39. The van der Waals surface area contributed by atoms with E-state index in [4.69, 9.17) is 4.74 Å². The lowest BCUT2D eigenvalue weighted by Gasteiger charge is -2.27. The molecule has 5 heteroatoms. The molecule has 0 saturated heterocycles. The van der Waals surface area contributed by atoms with Crippen LogP contribution in [0.15, 0.2) is 42.5 Å². The molecule has 0 bridgehead atoms. The first kappa shape index (κ1) is 25.2. The summed E-state index contributed by atoms with van der Waals surface area (Å²) >= 11 is 1.69. The molecule has 184 valence electrons. The van der Waals surface area contributed by atoms with Crippen LogP contribution in [0.4, 0.5) is 0 Å². The van der Waals surface area contributed by atoms with E-state index in [-0.39, 0.29) is 23.8 Å². The number of amides is 1. The summed E-state index contributed by atoms with van der Waals surface area (Å²) in [6.07, 6.45) is 3.88. The molecular formula is C30H35NO3S. The van der Waals surface area contributed by atoms with E-state index >= 15 is 0 Å². The second kappa shape index (κ2) is 10.8. The maximum atomic E-state index is 13.3. The summed E-state index contributed by atoms with van der Waals surface area (Å²) in [5.74, 6) is -0.166. The predicted molar refractivity (Wildman–Crippen MR) is 143 cm³/mol. The van der Waals surface area contributed by atoms with Gasteiger partial charge in [-0.05, 0) is 93.2 Å². The lowest BCUT2D eigenvalue weighted by molar-refractivity contribution is -0.146. The van der Waals surface area contributed by atoms with Gasteiger partial charge in [-0.3, -0.25) is 9.59 Å².